The highest BCUT2D eigenvalue weighted by molar-refractivity contribution is 7.22. The highest BCUT2D eigenvalue weighted by Crippen LogP contribution is 2.36. The monoisotopic (exact) mass is 438 g/mol. The third-order valence-electron chi connectivity index (χ3n) is 5.86. The van der Waals surface area contributed by atoms with Crippen LogP contribution >= 0.6 is 11.3 Å². The van der Waals surface area contributed by atoms with E-state index >= 15 is 0 Å². The van der Waals surface area contributed by atoms with Gasteiger partial charge in [0.05, 0.1) is 22.9 Å². The van der Waals surface area contributed by atoms with Gasteiger partial charge in [0.25, 0.3) is 5.91 Å². The molecule has 6 nitrogen and oxygen atoms in total. The van der Waals surface area contributed by atoms with Crippen LogP contribution in [0.5, 0.6) is 11.5 Å². The fraction of sp³-hybridized carbons (Fsp3) is 0.417. The van der Waals surface area contributed by atoms with E-state index < -0.39 is 12.2 Å². The zero-order chi connectivity index (χ0) is 21.4. The van der Waals surface area contributed by atoms with Crippen LogP contribution in [-0.2, 0) is 16.0 Å². The van der Waals surface area contributed by atoms with Crippen molar-refractivity contribution in [3.8, 4) is 11.5 Å². The lowest BCUT2D eigenvalue weighted by Crippen LogP contribution is -2.52. The van der Waals surface area contributed by atoms with E-state index in [2.05, 4.69) is 19.1 Å². The van der Waals surface area contributed by atoms with E-state index in [9.17, 15) is 4.79 Å². The molecule has 0 N–H and O–H groups in total. The number of nitrogens with zero attached hydrogens (tertiary/aromatic N) is 2. The molecule has 1 fully saturated rings. The summed E-state index contributed by atoms with van der Waals surface area (Å²) in [4.78, 5) is 20.4. The van der Waals surface area contributed by atoms with Crippen LogP contribution < -0.4 is 14.4 Å². The van der Waals surface area contributed by atoms with Gasteiger partial charge in [0.15, 0.2) is 16.6 Å². The molecule has 3 unspecified atom stereocenters. The quantitative estimate of drug-likeness (QED) is 0.583. The molecule has 2 aliphatic rings. The number of hydrogen-bond acceptors (Lipinski definition) is 6. The lowest BCUT2D eigenvalue weighted by atomic mass is 10.1. The minimum Gasteiger partial charge on any atom is -0.482 e. The Labute approximate surface area is 185 Å². The standard InChI is InChI=1S/C24H26N2O4S/c1-3-16-8-6-12-20-21(16)25-24(31-20)26(14-17-9-7-13-28-17)23(27)22-15(2)29-18-10-4-5-11-19(18)30-22/h4-6,8,10-12,15,17,22H,3,7,9,13-14H2,1-2H3. The molecule has 3 aromatic rings. The molecule has 0 radical (unpaired) electrons. The minimum absolute atomic E-state index is 0.00806. The zero-order valence-corrected chi connectivity index (χ0v) is 18.6. The van der Waals surface area contributed by atoms with Gasteiger partial charge in [-0.3, -0.25) is 9.69 Å². The molecule has 0 aliphatic carbocycles. The Balaban J connectivity index is 1.49. The molecule has 0 saturated carbocycles. The van der Waals surface area contributed by atoms with Crippen LogP contribution in [0.2, 0.25) is 0 Å². The van der Waals surface area contributed by atoms with Crippen molar-refractivity contribution < 1.29 is 19.0 Å². The van der Waals surface area contributed by atoms with E-state index in [1.54, 1.807) is 4.90 Å². The van der Waals surface area contributed by atoms with Gasteiger partial charge < -0.3 is 14.2 Å². The molecule has 2 aromatic carbocycles. The second-order valence-electron chi connectivity index (χ2n) is 8.01. The van der Waals surface area contributed by atoms with Crippen molar-refractivity contribution in [1.82, 2.24) is 4.98 Å². The van der Waals surface area contributed by atoms with Crippen molar-refractivity contribution >= 4 is 32.6 Å². The van der Waals surface area contributed by atoms with Gasteiger partial charge >= 0.3 is 0 Å². The van der Waals surface area contributed by atoms with E-state index in [4.69, 9.17) is 19.2 Å². The summed E-state index contributed by atoms with van der Waals surface area (Å²) >= 11 is 1.54. The summed E-state index contributed by atoms with van der Waals surface area (Å²) < 4.78 is 19.0. The van der Waals surface area contributed by atoms with Crippen molar-refractivity contribution in [2.45, 2.75) is 51.4 Å². The molecule has 1 saturated heterocycles. The Bertz CT molecular complexity index is 1090. The number of fused-ring (bicyclic) bond motifs is 2. The molecule has 0 bridgehead atoms. The number of thiazole rings is 1. The minimum atomic E-state index is -0.742. The topological polar surface area (TPSA) is 60.9 Å². The Hall–Kier alpha value is -2.64. The first-order chi connectivity index (χ1) is 15.1. The van der Waals surface area contributed by atoms with Gasteiger partial charge in [-0.1, -0.05) is 42.5 Å². The number of hydrogen-bond donors (Lipinski definition) is 0. The molecule has 3 atom stereocenters. The van der Waals surface area contributed by atoms with Crippen LogP contribution in [0, 0.1) is 0 Å². The number of aryl methyl sites for hydroxylation is 1. The molecule has 0 spiro atoms. The number of aromatic nitrogens is 1. The third-order valence-corrected chi connectivity index (χ3v) is 6.91. The van der Waals surface area contributed by atoms with Crippen molar-refractivity contribution in [2.75, 3.05) is 18.1 Å². The summed E-state index contributed by atoms with van der Waals surface area (Å²) in [5.74, 6) is 1.11. The Morgan fingerprint density at radius 1 is 1.16 bits per heavy atom. The number of anilines is 1. The van der Waals surface area contributed by atoms with E-state index in [0.29, 0.717) is 23.2 Å². The zero-order valence-electron chi connectivity index (χ0n) is 17.7. The van der Waals surface area contributed by atoms with Gasteiger partial charge in [-0.25, -0.2) is 4.98 Å². The average molecular weight is 439 g/mol. The third kappa shape index (κ3) is 3.88. The average Bonchev–Trinajstić information content (AvgIpc) is 3.45. The summed E-state index contributed by atoms with van der Waals surface area (Å²) in [6.07, 6.45) is 1.71. The summed E-state index contributed by atoms with van der Waals surface area (Å²) in [6.45, 7) is 5.19. The molecular weight excluding hydrogens is 412 g/mol. The Morgan fingerprint density at radius 2 is 1.97 bits per heavy atom. The fourth-order valence-electron chi connectivity index (χ4n) is 4.19. The first-order valence-electron chi connectivity index (χ1n) is 10.9. The predicted octanol–water partition coefficient (Wildman–Crippen LogP) is 4.60. The molecule has 3 heterocycles. The molecule has 1 amide bonds. The van der Waals surface area contributed by atoms with Crippen LogP contribution in [0.25, 0.3) is 10.2 Å². The van der Waals surface area contributed by atoms with Crippen LogP contribution in [0.4, 0.5) is 5.13 Å². The maximum atomic E-state index is 13.8. The molecule has 162 valence electrons. The first-order valence-corrected chi connectivity index (χ1v) is 11.7. The van der Waals surface area contributed by atoms with Crippen molar-refractivity contribution in [3.05, 3.63) is 48.0 Å². The van der Waals surface area contributed by atoms with E-state index in [1.807, 2.05) is 37.3 Å². The van der Waals surface area contributed by atoms with Crippen molar-refractivity contribution in [1.29, 1.82) is 0 Å². The van der Waals surface area contributed by atoms with Crippen LogP contribution in [0.1, 0.15) is 32.3 Å². The summed E-state index contributed by atoms with van der Waals surface area (Å²) in [7, 11) is 0. The van der Waals surface area contributed by atoms with E-state index in [-0.39, 0.29) is 12.0 Å². The lowest BCUT2D eigenvalue weighted by molar-refractivity contribution is -0.131. The Morgan fingerprint density at radius 3 is 2.71 bits per heavy atom. The summed E-state index contributed by atoms with van der Waals surface area (Å²) in [5, 5.41) is 0.686. The second-order valence-corrected chi connectivity index (χ2v) is 9.01. The van der Waals surface area contributed by atoms with Gasteiger partial charge in [0, 0.05) is 6.61 Å². The van der Waals surface area contributed by atoms with Crippen molar-refractivity contribution in [3.63, 3.8) is 0 Å². The SMILES string of the molecule is CCc1cccc2sc(N(CC3CCCO3)C(=O)C3Oc4ccccc4OC3C)nc12. The van der Waals surface area contributed by atoms with Gasteiger partial charge in [0.2, 0.25) is 6.10 Å². The number of rotatable bonds is 5. The number of carbonyl (C=O) groups is 1. The van der Waals surface area contributed by atoms with E-state index in [0.717, 1.165) is 36.1 Å². The van der Waals surface area contributed by atoms with Crippen LogP contribution in [0.3, 0.4) is 0 Å². The number of para-hydroxylation sites is 3. The normalized spacial score (nSPS) is 22.6. The maximum absolute atomic E-state index is 13.8. The highest BCUT2D eigenvalue weighted by Gasteiger charge is 2.39. The molecule has 1 aromatic heterocycles. The van der Waals surface area contributed by atoms with Gasteiger partial charge in [0.1, 0.15) is 6.10 Å². The van der Waals surface area contributed by atoms with Gasteiger partial charge in [-0.05, 0) is 49.9 Å². The lowest BCUT2D eigenvalue weighted by Gasteiger charge is -2.34. The van der Waals surface area contributed by atoms with E-state index in [1.165, 1.54) is 16.9 Å². The largest absolute Gasteiger partial charge is 0.482 e. The number of amides is 1. The summed E-state index contributed by atoms with van der Waals surface area (Å²) in [6, 6.07) is 13.7. The molecular formula is C24H26N2O4S. The first kappa shape index (κ1) is 20.3. The van der Waals surface area contributed by atoms with Crippen LogP contribution in [0.15, 0.2) is 42.5 Å². The number of carbonyl (C=O) groups excluding carboxylic acids is 1. The van der Waals surface area contributed by atoms with Crippen molar-refractivity contribution in [2.24, 2.45) is 0 Å². The fourth-order valence-corrected chi connectivity index (χ4v) is 5.22. The highest BCUT2D eigenvalue weighted by atomic mass is 32.1. The predicted molar refractivity (Wildman–Crippen MR) is 121 cm³/mol. The molecule has 5 rings (SSSR count). The number of benzene rings is 2. The Kier molecular flexibility index (Phi) is 5.54. The molecule has 2 aliphatic heterocycles. The molecule has 31 heavy (non-hydrogen) atoms. The smallest absolute Gasteiger partial charge is 0.273 e. The number of ether oxygens (including phenoxy) is 3. The van der Waals surface area contributed by atoms with Crippen LogP contribution in [-0.4, -0.2) is 42.4 Å². The summed E-state index contributed by atoms with van der Waals surface area (Å²) in [5.41, 5.74) is 2.15. The second kappa shape index (κ2) is 8.48. The maximum Gasteiger partial charge on any atom is 0.273 e. The van der Waals surface area contributed by atoms with Gasteiger partial charge in [-0.15, -0.1) is 0 Å². The van der Waals surface area contributed by atoms with Gasteiger partial charge in [-0.2, -0.15) is 0 Å². The molecule has 7 heteroatoms.